The topological polar surface area (TPSA) is 35.1 Å². The van der Waals surface area contributed by atoms with Crippen molar-refractivity contribution in [1.29, 1.82) is 0 Å². The molecule has 0 bridgehead atoms. The fourth-order valence-electron chi connectivity index (χ4n) is 9.50. The van der Waals surface area contributed by atoms with E-state index in [0.29, 0.717) is 5.95 Å². The summed E-state index contributed by atoms with van der Waals surface area (Å²) in [6.07, 6.45) is 0. The minimum absolute atomic E-state index is 0.664. The van der Waals surface area contributed by atoms with Crippen LogP contribution in [0.4, 0.5) is 0 Å². The maximum atomic E-state index is 5.38. The summed E-state index contributed by atoms with van der Waals surface area (Å²) in [4.78, 5) is 10.6. The Labute approximate surface area is 320 Å². The third kappa shape index (κ3) is 4.02. The third-order valence-corrected chi connectivity index (χ3v) is 12.0. The lowest BCUT2D eigenvalue weighted by Crippen LogP contribution is -2.03. The van der Waals surface area contributed by atoms with E-state index in [0.717, 1.165) is 33.2 Å². The first kappa shape index (κ1) is 29.8. The molecule has 9 aromatic carbocycles. The van der Waals surface area contributed by atoms with Crippen molar-refractivity contribution in [1.82, 2.24) is 18.9 Å². The average Bonchev–Trinajstić information content (AvgIpc) is 3.90. The van der Waals surface area contributed by atoms with Crippen molar-refractivity contribution in [3.05, 3.63) is 182 Å². The van der Waals surface area contributed by atoms with Gasteiger partial charge < -0.3 is 4.40 Å². The molecule has 13 aromatic rings. The van der Waals surface area contributed by atoms with Gasteiger partial charge in [-0.25, -0.2) is 9.97 Å². The van der Waals surface area contributed by atoms with Crippen molar-refractivity contribution < 1.29 is 0 Å². The minimum Gasteiger partial charge on any atom is -0.307 e. The Balaban J connectivity index is 1.06. The molecule has 4 heteroatoms. The van der Waals surface area contributed by atoms with E-state index in [1.165, 1.54) is 81.5 Å². The molecular weight excluding hydrogens is 681 g/mol. The maximum Gasteiger partial charge on any atom is 0.235 e. The molecule has 258 valence electrons. The van der Waals surface area contributed by atoms with Crippen LogP contribution >= 0.6 is 0 Å². The normalized spacial score (nSPS) is 12.3. The van der Waals surface area contributed by atoms with Crippen LogP contribution in [0.2, 0.25) is 0 Å². The molecule has 0 amide bonds. The van der Waals surface area contributed by atoms with Gasteiger partial charge in [0.25, 0.3) is 0 Å². The van der Waals surface area contributed by atoms with Crippen molar-refractivity contribution in [3.63, 3.8) is 0 Å². The second kappa shape index (κ2) is 11.0. The number of rotatable bonds is 3. The van der Waals surface area contributed by atoms with Crippen LogP contribution in [-0.2, 0) is 0 Å². The molecule has 0 aliphatic carbocycles. The zero-order chi connectivity index (χ0) is 36.5. The molecule has 0 atom stereocenters. The second-order valence-electron chi connectivity index (χ2n) is 15.0. The predicted octanol–water partition coefficient (Wildman–Crippen LogP) is 13.5. The van der Waals surface area contributed by atoms with Gasteiger partial charge in [-0.1, -0.05) is 133 Å². The Kier molecular flexibility index (Phi) is 5.86. The SMILES string of the molecule is c1ccc2cc(-c3nc(-n4c5ccccc5c5cc(-c6cc7c8ccccc8n8c9c%10ccccc%10ccc9c(c6)c78)ccc54)nc4ccccc34)ccc2c1. The Morgan fingerprint density at radius 1 is 0.321 bits per heavy atom. The Bertz CT molecular complexity index is 3770. The number of aromatic nitrogens is 4. The monoisotopic (exact) mass is 710 g/mol. The maximum absolute atomic E-state index is 5.38. The second-order valence-corrected chi connectivity index (χ2v) is 15.0. The molecule has 4 aromatic heterocycles. The van der Waals surface area contributed by atoms with E-state index in [1.807, 2.05) is 0 Å². The van der Waals surface area contributed by atoms with Crippen LogP contribution < -0.4 is 0 Å². The van der Waals surface area contributed by atoms with E-state index >= 15 is 0 Å². The molecule has 4 heterocycles. The summed E-state index contributed by atoms with van der Waals surface area (Å²) >= 11 is 0. The quantitative estimate of drug-likeness (QED) is 0.183. The molecule has 0 fully saturated rings. The molecule has 0 aliphatic rings. The molecule has 0 aliphatic heterocycles. The first-order valence-corrected chi connectivity index (χ1v) is 19.2. The average molecular weight is 711 g/mol. The summed E-state index contributed by atoms with van der Waals surface area (Å²) < 4.78 is 4.73. The van der Waals surface area contributed by atoms with Gasteiger partial charge in [-0.3, -0.25) is 4.57 Å². The van der Waals surface area contributed by atoms with Gasteiger partial charge in [0, 0.05) is 48.7 Å². The summed E-state index contributed by atoms with van der Waals surface area (Å²) in [6.45, 7) is 0. The van der Waals surface area contributed by atoms with Gasteiger partial charge in [-0.05, 0) is 75.8 Å². The lowest BCUT2D eigenvalue weighted by molar-refractivity contribution is 1.01. The summed E-state index contributed by atoms with van der Waals surface area (Å²) in [7, 11) is 0. The van der Waals surface area contributed by atoms with Crippen LogP contribution in [0.25, 0.3) is 121 Å². The fourth-order valence-corrected chi connectivity index (χ4v) is 9.50. The first-order valence-electron chi connectivity index (χ1n) is 19.2. The van der Waals surface area contributed by atoms with Crippen LogP contribution in [0.5, 0.6) is 0 Å². The molecule has 0 N–H and O–H groups in total. The molecule has 0 radical (unpaired) electrons. The van der Waals surface area contributed by atoms with Crippen molar-refractivity contribution in [2.75, 3.05) is 0 Å². The zero-order valence-electron chi connectivity index (χ0n) is 30.1. The molecule has 56 heavy (non-hydrogen) atoms. The van der Waals surface area contributed by atoms with Crippen LogP contribution in [0.1, 0.15) is 0 Å². The Hall–Kier alpha value is -7.56. The highest BCUT2D eigenvalue weighted by Crippen LogP contribution is 2.44. The van der Waals surface area contributed by atoms with Gasteiger partial charge in [0.15, 0.2) is 0 Å². The van der Waals surface area contributed by atoms with Gasteiger partial charge in [0.1, 0.15) is 0 Å². The lowest BCUT2D eigenvalue weighted by atomic mass is 9.97. The van der Waals surface area contributed by atoms with Gasteiger partial charge >= 0.3 is 0 Å². The van der Waals surface area contributed by atoms with E-state index < -0.39 is 0 Å². The number of fused-ring (bicyclic) bond motifs is 13. The molecule has 4 nitrogen and oxygen atoms in total. The van der Waals surface area contributed by atoms with Gasteiger partial charge in [-0.2, -0.15) is 0 Å². The van der Waals surface area contributed by atoms with E-state index in [4.69, 9.17) is 9.97 Å². The standard InChI is InChI=1S/C52H30N4/c1-2-13-33-27-35(22-21-31(33)11-1)49-41-17-5-8-18-45(41)53-52(54-49)55-46-19-9-6-15-38(46)42-28-34(24-26-48(42)55)36-29-43-39-16-7-10-20-47(39)56-50-37-14-4-3-12-32(37)23-25-40(50)44(30-36)51(43)56/h1-30H. The van der Waals surface area contributed by atoms with E-state index in [1.54, 1.807) is 0 Å². The summed E-state index contributed by atoms with van der Waals surface area (Å²) in [5.74, 6) is 0.664. The van der Waals surface area contributed by atoms with Crippen LogP contribution in [0.3, 0.4) is 0 Å². The highest BCUT2D eigenvalue weighted by Gasteiger charge is 2.22. The summed E-state index contributed by atoms with van der Waals surface area (Å²) in [6, 6.07) is 66.0. The van der Waals surface area contributed by atoms with Crippen LogP contribution in [-0.4, -0.2) is 18.9 Å². The van der Waals surface area contributed by atoms with Crippen LogP contribution in [0, 0.1) is 0 Å². The summed E-state index contributed by atoms with van der Waals surface area (Å²) in [5.41, 5.74) is 11.3. The first-order chi connectivity index (χ1) is 27.8. The summed E-state index contributed by atoms with van der Waals surface area (Å²) in [5, 5.41) is 13.4. The minimum atomic E-state index is 0.664. The number of para-hydroxylation sites is 3. The molecule has 0 spiro atoms. The highest BCUT2D eigenvalue weighted by atomic mass is 15.2. The van der Waals surface area contributed by atoms with E-state index in [9.17, 15) is 0 Å². The number of nitrogens with zero attached hydrogens (tertiary/aromatic N) is 4. The number of benzene rings is 9. The lowest BCUT2D eigenvalue weighted by Gasteiger charge is -2.12. The van der Waals surface area contributed by atoms with Crippen molar-refractivity contribution >= 4 is 92.3 Å². The van der Waals surface area contributed by atoms with E-state index in [2.05, 4.69) is 191 Å². The number of hydrogen-bond donors (Lipinski definition) is 0. The molecule has 0 saturated carbocycles. The van der Waals surface area contributed by atoms with Gasteiger partial charge in [0.05, 0.1) is 38.8 Å². The van der Waals surface area contributed by atoms with Crippen molar-refractivity contribution in [2.24, 2.45) is 0 Å². The predicted molar refractivity (Wildman–Crippen MR) is 234 cm³/mol. The van der Waals surface area contributed by atoms with Crippen LogP contribution in [0.15, 0.2) is 182 Å². The number of hydrogen-bond acceptors (Lipinski definition) is 2. The molecule has 0 saturated heterocycles. The Morgan fingerprint density at radius 2 is 0.911 bits per heavy atom. The van der Waals surface area contributed by atoms with Crippen molar-refractivity contribution in [3.8, 4) is 28.3 Å². The smallest absolute Gasteiger partial charge is 0.235 e. The third-order valence-electron chi connectivity index (χ3n) is 12.0. The van der Waals surface area contributed by atoms with Gasteiger partial charge in [-0.15, -0.1) is 0 Å². The zero-order valence-corrected chi connectivity index (χ0v) is 30.1. The fraction of sp³-hybridized carbons (Fsp3) is 0. The highest BCUT2D eigenvalue weighted by molar-refractivity contribution is 6.28. The molecular formula is C52H30N4. The Morgan fingerprint density at radius 3 is 1.77 bits per heavy atom. The largest absolute Gasteiger partial charge is 0.307 e. The van der Waals surface area contributed by atoms with Gasteiger partial charge in [0.2, 0.25) is 5.95 Å². The molecule has 0 unspecified atom stereocenters. The molecule has 13 rings (SSSR count). The van der Waals surface area contributed by atoms with E-state index in [-0.39, 0.29) is 0 Å². The van der Waals surface area contributed by atoms with Crippen molar-refractivity contribution in [2.45, 2.75) is 0 Å².